The van der Waals surface area contributed by atoms with E-state index < -0.39 is 0 Å². The molecule has 1 amide bonds. The van der Waals surface area contributed by atoms with E-state index in [1.54, 1.807) is 35.6 Å². The number of aromatic nitrogens is 1. The minimum absolute atomic E-state index is 0.129. The molecule has 0 radical (unpaired) electrons. The largest absolute Gasteiger partial charge is 0.347 e. The molecule has 156 valence electrons. The number of nitrogens with one attached hydrogen (secondary N) is 1. The molecule has 1 aliphatic rings. The van der Waals surface area contributed by atoms with E-state index >= 15 is 0 Å². The second-order valence-corrected chi connectivity index (χ2v) is 8.72. The van der Waals surface area contributed by atoms with Crippen molar-refractivity contribution < 1.29 is 9.18 Å². The standard InChI is InChI=1S/C22H22ClFN4OS/c23-18-5-3-17(4-6-18)21(29)25-13-20-14-26-22(30-20)28-11-9-27(10-12-28)15-16-1-7-19(24)8-2-16/h1-8,14H,9-13,15H2,(H,25,29). The number of hydrogen-bond donors (Lipinski definition) is 1. The topological polar surface area (TPSA) is 48.5 Å². The van der Waals surface area contributed by atoms with E-state index in [9.17, 15) is 9.18 Å². The van der Waals surface area contributed by atoms with E-state index in [0.29, 0.717) is 17.1 Å². The molecule has 8 heteroatoms. The van der Waals surface area contributed by atoms with Crippen molar-refractivity contribution in [2.75, 3.05) is 31.1 Å². The van der Waals surface area contributed by atoms with Gasteiger partial charge in [-0.2, -0.15) is 0 Å². The van der Waals surface area contributed by atoms with Gasteiger partial charge in [-0.25, -0.2) is 9.37 Å². The Morgan fingerprint density at radius 2 is 1.77 bits per heavy atom. The number of amides is 1. The summed E-state index contributed by atoms with van der Waals surface area (Å²) in [6.45, 7) is 4.92. The molecule has 2 heterocycles. The molecule has 4 rings (SSSR count). The summed E-state index contributed by atoms with van der Waals surface area (Å²) in [4.78, 5) is 22.4. The zero-order chi connectivity index (χ0) is 20.9. The monoisotopic (exact) mass is 444 g/mol. The molecular formula is C22H22ClFN4OS. The van der Waals surface area contributed by atoms with E-state index in [0.717, 1.165) is 48.3 Å². The van der Waals surface area contributed by atoms with Gasteiger partial charge in [0.15, 0.2) is 5.13 Å². The summed E-state index contributed by atoms with van der Waals surface area (Å²) in [5.41, 5.74) is 1.71. The van der Waals surface area contributed by atoms with Crippen LogP contribution in [0.1, 0.15) is 20.8 Å². The molecular weight excluding hydrogens is 423 g/mol. The highest BCUT2D eigenvalue weighted by atomic mass is 35.5. The first-order valence-corrected chi connectivity index (χ1v) is 11.0. The number of benzene rings is 2. The van der Waals surface area contributed by atoms with Gasteiger partial charge in [0.25, 0.3) is 5.91 Å². The molecule has 1 aromatic heterocycles. The van der Waals surface area contributed by atoms with Crippen LogP contribution in [0, 0.1) is 5.82 Å². The van der Waals surface area contributed by atoms with Crippen molar-refractivity contribution in [3.05, 3.63) is 81.6 Å². The molecule has 1 N–H and O–H groups in total. The van der Waals surface area contributed by atoms with E-state index in [1.807, 2.05) is 18.3 Å². The fourth-order valence-electron chi connectivity index (χ4n) is 3.34. The zero-order valence-electron chi connectivity index (χ0n) is 16.4. The lowest BCUT2D eigenvalue weighted by Gasteiger charge is -2.34. The predicted octanol–water partition coefficient (Wildman–Crippen LogP) is 4.19. The first-order chi connectivity index (χ1) is 14.6. The number of hydrogen-bond acceptors (Lipinski definition) is 5. The highest BCUT2D eigenvalue weighted by Gasteiger charge is 2.19. The number of halogens is 2. The number of carbonyl (C=O) groups is 1. The lowest BCUT2D eigenvalue weighted by atomic mass is 10.2. The summed E-state index contributed by atoms with van der Waals surface area (Å²) in [5.74, 6) is -0.330. The van der Waals surface area contributed by atoms with Gasteiger partial charge in [0.05, 0.1) is 6.54 Å². The number of nitrogens with zero attached hydrogens (tertiary/aromatic N) is 3. The molecule has 0 saturated carbocycles. The van der Waals surface area contributed by atoms with Crippen LogP contribution in [-0.2, 0) is 13.1 Å². The molecule has 1 aliphatic heterocycles. The Labute approximate surface area is 184 Å². The second kappa shape index (κ2) is 9.55. The van der Waals surface area contributed by atoms with E-state index in [2.05, 4.69) is 20.1 Å². The van der Waals surface area contributed by atoms with Crippen molar-refractivity contribution in [3.8, 4) is 0 Å². The molecule has 5 nitrogen and oxygen atoms in total. The van der Waals surface area contributed by atoms with E-state index in [1.165, 1.54) is 12.1 Å². The third kappa shape index (κ3) is 5.36. The molecule has 0 aliphatic carbocycles. The van der Waals surface area contributed by atoms with Crippen molar-refractivity contribution in [1.29, 1.82) is 0 Å². The highest BCUT2D eigenvalue weighted by molar-refractivity contribution is 7.15. The quantitative estimate of drug-likeness (QED) is 0.619. The van der Waals surface area contributed by atoms with Crippen LogP contribution in [0.15, 0.2) is 54.7 Å². The maximum absolute atomic E-state index is 13.1. The molecule has 3 aromatic rings. The molecule has 0 spiro atoms. The van der Waals surface area contributed by atoms with E-state index in [4.69, 9.17) is 11.6 Å². The van der Waals surface area contributed by atoms with Crippen molar-refractivity contribution in [2.45, 2.75) is 13.1 Å². The number of carbonyl (C=O) groups excluding carboxylic acids is 1. The van der Waals surface area contributed by atoms with Gasteiger partial charge in [-0.05, 0) is 42.0 Å². The minimum atomic E-state index is -0.201. The summed E-state index contributed by atoms with van der Waals surface area (Å²) in [6, 6.07) is 13.5. The molecule has 0 atom stereocenters. The summed E-state index contributed by atoms with van der Waals surface area (Å²) in [5, 5.41) is 4.51. The third-order valence-electron chi connectivity index (χ3n) is 5.03. The Hall–Kier alpha value is -2.48. The van der Waals surface area contributed by atoms with Gasteiger partial charge >= 0.3 is 0 Å². The first-order valence-electron chi connectivity index (χ1n) is 9.77. The Morgan fingerprint density at radius 3 is 2.47 bits per heavy atom. The van der Waals surface area contributed by atoms with Crippen LogP contribution in [0.25, 0.3) is 0 Å². The van der Waals surface area contributed by atoms with Gasteiger partial charge in [0.2, 0.25) is 0 Å². The number of anilines is 1. The third-order valence-corrected chi connectivity index (χ3v) is 6.34. The van der Waals surface area contributed by atoms with Gasteiger partial charge in [-0.15, -0.1) is 11.3 Å². The Morgan fingerprint density at radius 1 is 1.07 bits per heavy atom. The average Bonchev–Trinajstić information content (AvgIpc) is 3.24. The van der Waals surface area contributed by atoms with Crippen LogP contribution in [-0.4, -0.2) is 42.0 Å². The highest BCUT2D eigenvalue weighted by Crippen LogP contribution is 2.24. The first kappa shape index (κ1) is 20.8. The van der Waals surface area contributed by atoms with Crippen molar-refractivity contribution in [3.63, 3.8) is 0 Å². The van der Waals surface area contributed by atoms with Crippen LogP contribution >= 0.6 is 22.9 Å². The lowest BCUT2D eigenvalue weighted by molar-refractivity contribution is 0.0951. The smallest absolute Gasteiger partial charge is 0.251 e. The van der Waals surface area contributed by atoms with Crippen molar-refractivity contribution >= 4 is 34.0 Å². The molecule has 1 saturated heterocycles. The van der Waals surface area contributed by atoms with Crippen LogP contribution < -0.4 is 10.2 Å². The van der Waals surface area contributed by atoms with Gasteiger partial charge < -0.3 is 10.2 Å². The maximum Gasteiger partial charge on any atom is 0.251 e. The molecule has 0 unspecified atom stereocenters. The maximum atomic E-state index is 13.1. The van der Waals surface area contributed by atoms with Crippen LogP contribution in [0.3, 0.4) is 0 Å². The van der Waals surface area contributed by atoms with Gasteiger partial charge in [-0.3, -0.25) is 9.69 Å². The average molecular weight is 445 g/mol. The molecule has 0 bridgehead atoms. The normalized spacial score (nSPS) is 14.7. The Kier molecular flexibility index (Phi) is 6.62. The summed E-state index contributed by atoms with van der Waals surface area (Å²) in [6.07, 6.45) is 1.83. The summed E-state index contributed by atoms with van der Waals surface area (Å²) < 4.78 is 13.1. The van der Waals surface area contributed by atoms with Crippen LogP contribution in [0.5, 0.6) is 0 Å². The Balaban J connectivity index is 1.25. The molecule has 30 heavy (non-hydrogen) atoms. The van der Waals surface area contributed by atoms with Crippen LogP contribution in [0.2, 0.25) is 5.02 Å². The van der Waals surface area contributed by atoms with Crippen molar-refractivity contribution in [1.82, 2.24) is 15.2 Å². The Bertz CT molecular complexity index is 985. The fraction of sp³-hybridized carbons (Fsp3) is 0.273. The van der Waals surface area contributed by atoms with Crippen LogP contribution in [0.4, 0.5) is 9.52 Å². The van der Waals surface area contributed by atoms with Gasteiger partial charge in [0, 0.05) is 54.4 Å². The number of thiazole rings is 1. The van der Waals surface area contributed by atoms with Gasteiger partial charge in [0.1, 0.15) is 5.82 Å². The number of piperazine rings is 1. The number of rotatable bonds is 6. The van der Waals surface area contributed by atoms with E-state index in [-0.39, 0.29) is 11.7 Å². The molecule has 2 aromatic carbocycles. The summed E-state index contributed by atoms with van der Waals surface area (Å²) in [7, 11) is 0. The lowest BCUT2D eigenvalue weighted by Crippen LogP contribution is -2.45. The minimum Gasteiger partial charge on any atom is -0.347 e. The molecule has 1 fully saturated rings. The summed E-state index contributed by atoms with van der Waals surface area (Å²) >= 11 is 7.47. The van der Waals surface area contributed by atoms with Gasteiger partial charge in [-0.1, -0.05) is 23.7 Å². The fourth-order valence-corrected chi connectivity index (χ4v) is 4.37. The second-order valence-electron chi connectivity index (χ2n) is 7.19. The SMILES string of the molecule is O=C(NCc1cnc(N2CCN(Cc3ccc(F)cc3)CC2)s1)c1ccc(Cl)cc1. The predicted molar refractivity (Wildman–Crippen MR) is 119 cm³/mol. The van der Waals surface area contributed by atoms with Crippen molar-refractivity contribution in [2.24, 2.45) is 0 Å². The zero-order valence-corrected chi connectivity index (χ0v) is 17.9.